The first kappa shape index (κ1) is 32.2. The van der Waals surface area contributed by atoms with Crippen LogP contribution in [-0.4, -0.2) is 42.9 Å². The Morgan fingerprint density at radius 3 is 1.45 bits per heavy atom. The summed E-state index contributed by atoms with van der Waals surface area (Å²) in [5.74, 6) is 0. The van der Waals surface area contributed by atoms with Crippen LogP contribution in [-0.2, 0) is 25.3 Å². The van der Waals surface area contributed by atoms with Crippen LogP contribution >= 0.6 is 22.7 Å². The Kier molecular flexibility index (Phi) is 21.2. The number of unbranched alkanes of at least 4 members (excludes halogenated alkanes) is 2. The number of rotatable bonds is 10. The normalized spacial score (nSPS) is 12.5. The van der Waals surface area contributed by atoms with Gasteiger partial charge in [-0.3, -0.25) is 10.2 Å². The third kappa shape index (κ3) is 19.2. The van der Waals surface area contributed by atoms with Crippen LogP contribution in [0.4, 0.5) is 0 Å². The summed E-state index contributed by atoms with van der Waals surface area (Å²) < 4.78 is 3.25. The van der Waals surface area contributed by atoms with E-state index >= 15 is 0 Å². The van der Waals surface area contributed by atoms with E-state index in [1.807, 2.05) is 48.9 Å². The number of nitrogens with one attached hydrogen (secondary N) is 2. The van der Waals surface area contributed by atoms with Gasteiger partial charge in [0.25, 0.3) is 0 Å². The molecule has 0 saturated carbocycles. The molecule has 0 fully saturated rings. The van der Waals surface area contributed by atoms with Crippen LogP contribution in [0, 0.1) is 0 Å². The molecule has 2 aromatic rings. The molecule has 0 amide bonds. The van der Waals surface area contributed by atoms with Crippen molar-refractivity contribution in [1.29, 1.82) is 0 Å². The van der Waals surface area contributed by atoms with Gasteiger partial charge in [0, 0.05) is 9.75 Å². The topological polar surface area (TPSA) is 97.0 Å². The van der Waals surface area contributed by atoms with Crippen molar-refractivity contribution in [1.82, 2.24) is 0 Å². The van der Waals surface area contributed by atoms with Gasteiger partial charge >= 0.3 is 69.5 Å². The Hall–Kier alpha value is -0.821. The molecule has 0 spiro atoms. The maximum absolute atomic E-state index is 6.96. The Balaban J connectivity index is 0.000000472. The summed E-state index contributed by atoms with van der Waals surface area (Å²) in [5.41, 5.74) is 15.6. The van der Waals surface area contributed by atoms with Crippen molar-refractivity contribution in [3.63, 3.8) is 0 Å². The molecule has 2 radical (unpaired) electrons. The van der Waals surface area contributed by atoms with Gasteiger partial charge in [0.1, 0.15) is 10.3 Å². The van der Waals surface area contributed by atoms with E-state index in [1.54, 1.807) is 31.5 Å². The van der Waals surface area contributed by atoms with Crippen LogP contribution in [0.5, 0.6) is 0 Å². The van der Waals surface area contributed by atoms with Crippen molar-refractivity contribution < 1.29 is 0 Å². The van der Waals surface area contributed by atoms with Gasteiger partial charge in [0.05, 0.1) is 11.4 Å². The first-order valence-corrected chi connectivity index (χ1v) is 17.5. The molecule has 0 aliphatic heterocycles. The SMILES string of the molecule is C/C(=N\N=C(\[NH-])[SH2+])c1cccs1.C/C(=N\N=C(\[NH-])[SH2+])c1cccs1.CCC[CH2][Sn][CH2]CCC. The molecule has 0 unspecified atom stereocenters. The third-order valence-electron chi connectivity index (χ3n) is 3.77. The second-order valence-corrected chi connectivity index (χ2v) is 13.8. The van der Waals surface area contributed by atoms with E-state index in [1.165, 1.54) is 25.7 Å². The monoisotopic (exact) mass is 632 g/mol. The Morgan fingerprint density at radius 2 is 1.18 bits per heavy atom. The summed E-state index contributed by atoms with van der Waals surface area (Å²) in [4.78, 5) is 2.15. The predicted molar refractivity (Wildman–Crippen MR) is 162 cm³/mol. The average molecular weight is 632 g/mol. The molecule has 2 aromatic heterocycles. The summed E-state index contributed by atoms with van der Waals surface area (Å²) in [6.45, 7) is 8.31. The van der Waals surface area contributed by atoms with Gasteiger partial charge in [0.2, 0.25) is 0 Å². The van der Waals surface area contributed by atoms with E-state index in [9.17, 15) is 0 Å². The Bertz CT molecular complexity index is 768. The number of hydrogen-bond donors (Lipinski definition) is 0. The first-order valence-electron chi connectivity index (χ1n) is 10.7. The van der Waals surface area contributed by atoms with Gasteiger partial charge in [-0.05, 0) is 62.0 Å². The predicted octanol–water partition coefficient (Wildman–Crippen LogP) is 6.91. The fourth-order valence-corrected chi connectivity index (χ4v) is 7.65. The molecule has 2 N–H and O–H groups in total. The van der Waals surface area contributed by atoms with Crippen molar-refractivity contribution in [2.75, 3.05) is 0 Å². The van der Waals surface area contributed by atoms with Crippen molar-refractivity contribution in [2.45, 2.75) is 62.3 Å². The maximum atomic E-state index is 6.96. The van der Waals surface area contributed by atoms with Crippen LogP contribution < -0.4 is 0 Å². The molecule has 11 heteroatoms. The molecular formula is C22H36N6S4Sn. The average Bonchev–Trinajstić information content (AvgIpc) is 3.51. The molecule has 182 valence electrons. The standard InChI is InChI=1S/2C7H8N3S2.2C4H9.Sn/c2*1-5(9-10-7(8)11)6-3-2-4-12-6;2*1-3-4-2;/h2*2-4H,1H3,(H2-,8,10,11);2*1,3-4H2,2H3;/q2*-1;;;/p+2/b2*9-5+;;;. The summed E-state index contributed by atoms with van der Waals surface area (Å²) in [5, 5.41) is 18.9. The Morgan fingerprint density at radius 1 is 0.788 bits per heavy atom. The van der Waals surface area contributed by atoms with E-state index in [0.29, 0.717) is 0 Å². The zero-order valence-corrected chi connectivity index (χ0v) is 26.3. The number of nitrogens with zero attached hydrogens (tertiary/aromatic N) is 4. The third-order valence-corrected chi connectivity index (χ3v) is 9.96. The van der Waals surface area contributed by atoms with Gasteiger partial charge < -0.3 is 21.7 Å². The number of amidine groups is 2. The molecule has 2 rings (SSSR count). The summed E-state index contributed by atoms with van der Waals surface area (Å²) >= 11 is 9.21. The number of hydrogen-bond acceptors (Lipinski definition) is 6. The molecular weight excluding hydrogens is 595 g/mol. The van der Waals surface area contributed by atoms with Gasteiger partial charge in [-0.1, -0.05) is 12.1 Å². The zero-order chi connectivity index (χ0) is 24.9. The summed E-state index contributed by atoms with van der Waals surface area (Å²) in [7, 11) is 0. The van der Waals surface area contributed by atoms with Crippen LogP contribution in [0.3, 0.4) is 0 Å². The van der Waals surface area contributed by atoms with Crippen molar-refractivity contribution in [3.05, 3.63) is 56.2 Å². The molecule has 0 aliphatic carbocycles. The van der Waals surface area contributed by atoms with Gasteiger partial charge in [0.15, 0.2) is 0 Å². The van der Waals surface area contributed by atoms with Crippen LogP contribution in [0.15, 0.2) is 55.4 Å². The van der Waals surface area contributed by atoms with E-state index in [4.69, 9.17) is 11.5 Å². The van der Waals surface area contributed by atoms with Gasteiger partial charge in [-0.25, -0.2) is 0 Å². The second-order valence-electron chi connectivity index (χ2n) is 6.68. The first-order chi connectivity index (χ1) is 15.8. The van der Waals surface area contributed by atoms with E-state index in [-0.39, 0.29) is 31.5 Å². The summed E-state index contributed by atoms with van der Waals surface area (Å²) in [6.07, 6.45) is 5.84. The fourth-order valence-electron chi connectivity index (χ4n) is 2.05. The van der Waals surface area contributed by atoms with Crippen LogP contribution in [0.25, 0.3) is 11.5 Å². The number of thiophene rings is 2. The molecule has 0 bridgehead atoms. The van der Waals surface area contributed by atoms with Crippen molar-refractivity contribution in [3.8, 4) is 0 Å². The molecule has 6 nitrogen and oxygen atoms in total. The molecule has 0 aromatic carbocycles. The minimum atomic E-state index is 0.0332. The van der Waals surface area contributed by atoms with Crippen LogP contribution in [0.1, 0.15) is 63.1 Å². The van der Waals surface area contributed by atoms with E-state index in [0.717, 1.165) is 21.2 Å². The van der Waals surface area contributed by atoms with Gasteiger partial charge in [-0.15, -0.1) is 22.7 Å². The molecule has 0 aliphatic rings. The van der Waals surface area contributed by atoms with Gasteiger partial charge in [-0.2, -0.15) is 0 Å². The van der Waals surface area contributed by atoms with Crippen molar-refractivity contribution >= 4 is 90.8 Å². The summed E-state index contributed by atoms with van der Waals surface area (Å²) in [6, 6.07) is 7.85. The fraction of sp³-hybridized carbons (Fsp3) is 0.455. The molecule has 33 heavy (non-hydrogen) atoms. The second kappa shape index (κ2) is 21.7. The molecule has 0 saturated heterocycles. The zero-order valence-electron chi connectivity index (χ0n) is 19.8. The molecule has 2 heterocycles. The minimum absolute atomic E-state index is 0.0332. The van der Waals surface area contributed by atoms with Crippen molar-refractivity contribution in [2.24, 2.45) is 20.4 Å². The van der Waals surface area contributed by atoms with Crippen LogP contribution in [0.2, 0.25) is 8.87 Å². The van der Waals surface area contributed by atoms with E-state index < -0.39 is 0 Å². The van der Waals surface area contributed by atoms with E-state index in [2.05, 4.69) is 59.5 Å². The quantitative estimate of drug-likeness (QED) is 0.0681. The Labute approximate surface area is 228 Å². The molecule has 0 atom stereocenters.